The SMILES string of the molecule is CCCCCCCC(=O)OCC(=O)[C@@]1(O)CC[C@H]2[C@@H]3CCC4=CC(=O)C=C[C@]4(C)[C@H]3[C@@H](O)C[C@@]21C. The first-order chi connectivity index (χ1) is 16.6. The summed E-state index contributed by atoms with van der Waals surface area (Å²) in [5, 5.41) is 23.1. The van der Waals surface area contributed by atoms with Crippen LogP contribution in [0, 0.1) is 28.6 Å². The standard InChI is InChI=1S/C29H42O6/c1-4-5-6-7-8-9-25(33)35-18-24(32)29(34)15-13-22-21-11-10-19-16-20(30)12-14-27(19,2)26(21)23(31)17-28(22,29)3/h12,14,16,21-23,26,31,34H,4-11,13,15,17-18H2,1-3H3/t21-,22-,23-,26+,27-,28-,29-/m0/s1. The van der Waals surface area contributed by atoms with Crippen molar-refractivity contribution in [2.45, 2.75) is 103 Å². The molecule has 0 spiro atoms. The summed E-state index contributed by atoms with van der Waals surface area (Å²) in [5.74, 6) is -0.645. The van der Waals surface area contributed by atoms with Gasteiger partial charge in [-0.15, -0.1) is 0 Å². The van der Waals surface area contributed by atoms with Gasteiger partial charge in [-0.2, -0.15) is 0 Å². The Hall–Kier alpha value is -1.79. The van der Waals surface area contributed by atoms with Gasteiger partial charge in [0.15, 0.2) is 12.4 Å². The summed E-state index contributed by atoms with van der Waals surface area (Å²) in [7, 11) is 0. The van der Waals surface area contributed by atoms with E-state index in [0.717, 1.165) is 50.5 Å². The van der Waals surface area contributed by atoms with Gasteiger partial charge in [0.1, 0.15) is 5.60 Å². The van der Waals surface area contributed by atoms with Crippen LogP contribution >= 0.6 is 0 Å². The molecule has 0 heterocycles. The highest BCUT2D eigenvalue weighted by Gasteiger charge is 2.68. The van der Waals surface area contributed by atoms with E-state index in [2.05, 4.69) is 13.8 Å². The molecule has 2 N–H and O–H groups in total. The summed E-state index contributed by atoms with van der Waals surface area (Å²) in [5.41, 5.74) is -1.68. The molecule has 0 aliphatic heterocycles. The molecule has 0 aromatic rings. The largest absolute Gasteiger partial charge is 0.458 e. The monoisotopic (exact) mass is 486 g/mol. The van der Waals surface area contributed by atoms with E-state index in [9.17, 15) is 24.6 Å². The molecular formula is C29H42O6. The predicted molar refractivity (Wildman–Crippen MR) is 132 cm³/mol. The summed E-state index contributed by atoms with van der Waals surface area (Å²) in [4.78, 5) is 37.4. The first-order valence-corrected chi connectivity index (χ1v) is 13.6. The topological polar surface area (TPSA) is 101 Å². The number of aliphatic hydroxyl groups excluding tert-OH is 1. The fourth-order valence-electron chi connectivity index (χ4n) is 8.00. The number of carbonyl (C=O) groups is 3. The van der Waals surface area contributed by atoms with Gasteiger partial charge < -0.3 is 14.9 Å². The number of rotatable bonds is 9. The van der Waals surface area contributed by atoms with E-state index in [1.165, 1.54) is 0 Å². The van der Waals surface area contributed by atoms with Gasteiger partial charge in [0, 0.05) is 23.2 Å². The highest BCUT2D eigenvalue weighted by Crippen LogP contribution is 2.67. The molecule has 35 heavy (non-hydrogen) atoms. The predicted octanol–water partition coefficient (Wildman–Crippen LogP) is 4.47. The Labute approximate surface area is 209 Å². The van der Waals surface area contributed by atoms with E-state index in [0.29, 0.717) is 25.7 Å². The molecule has 0 unspecified atom stereocenters. The van der Waals surface area contributed by atoms with Crippen molar-refractivity contribution < 1.29 is 29.3 Å². The lowest BCUT2D eigenvalue weighted by molar-refractivity contribution is -0.181. The van der Waals surface area contributed by atoms with Crippen molar-refractivity contribution in [1.82, 2.24) is 0 Å². The lowest BCUT2D eigenvalue weighted by Gasteiger charge is -2.59. The number of ketones is 2. The molecule has 4 aliphatic rings. The minimum Gasteiger partial charge on any atom is -0.458 e. The highest BCUT2D eigenvalue weighted by molar-refractivity contribution is 6.01. The number of esters is 1. The van der Waals surface area contributed by atoms with Crippen LogP contribution in [-0.2, 0) is 19.1 Å². The molecule has 4 aliphatic carbocycles. The lowest BCUT2D eigenvalue weighted by atomic mass is 9.46. The van der Waals surface area contributed by atoms with Gasteiger partial charge in [0.05, 0.1) is 6.10 Å². The van der Waals surface area contributed by atoms with Gasteiger partial charge >= 0.3 is 5.97 Å². The zero-order chi connectivity index (χ0) is 25.4. The van der Waals surface area contributed by atoms with Crippen molar-refractivity contribution in [3.63, 3.8) is 0 Å². The second kappa shape index (κ2) is 9.93. The van der Waals surface area contributed by atoms with Gasteiger partial charge in [0.2, 0.25) is 5.78 Å². The molecule has 3 saturated carbocycles. The second-order valence-electron chi connectivity index (χ2n) is 11.9. The van der Waals surface area contributed by atoms with Crippen molar-refractivity contribution in [2.24, 2.45) is 28.6 Å². The maximum Gasteiger partial charge on any atom is 0.306 e. The van der Waals surface area contributed by atoms with E-state index < -0.39 is 29.5 Å². The number of fused-ring (bicyclic) bond motifs is 5. The molecule has 0 saturated heterocycles. The molecular weight excluding hydrogens is 444 g/mol. The summed E-state index contributed by atoms with van der Waals surface area (Å²) in [6.45, 7) is 5.78. The zero-order valence-electron chi connectivity index (χ0n) is 21.6. The molecule has 7 atom stereocenters. The number of hydrogen-bond acceptors (Lipinski definition) is 6. The quantitative estimate of drug-likeness (QED) is 0.368. The number of aliphatic hydroxyl groups is 2. The molecule has 4 rings (SSSR count). The summed E-state index contributed by atoms with van der Waals surface area (Å²) >= 11 is 0. The van der Waals surface area contributed by atoms with Crippen LogP contribution in [-0.4, -0.2) is 46.1 Å². The van der Waals surface area contributed by atoms with Crippen molar-refractivity contribution in [3.8, 4) is 0 Å². The van der Waals surface area contributed by atoms with Crippen molar-refractivity contribution in [3.05, 3.63) is 23.8 Å². The fourth-order valence-corrected chi connectivity index (χ4v) is 8.00. The minimum absolute atomic E-state index is 0.00223. The number of Topliss-reactive ketones (excluding diaryl/α,β-unsaturated/α-hetero) is 1. The van der Waals surface area contributed by atoms with E-state index in [1.54, 1.807) is 12.2 Å². The normalized spacial score (nSPS) is 39.9. The number of allylic oxidation sites excluding steroid dienone is 4. The van der Waals surface area contributed by atoms with Crippen LogP contribution in [0.25, 0.3) is 0 Å². The molecule has 6 nitrogen and oxygen atoms in total. The van der Waals surface area contributed by atoms with Crippen molar-refractivity contribution in [1.29, 1.82) is 0 Å². The molecule has 6 heteroatoms. The summed E-state index contributed by atoms with van der Waals surface area (Å²) in [6.07, 6.45) is 13.0. The lowest BCUT2D eigenvalue weighted by Crippen LogP contribution is -2.61. The molecule has 0 radical (unpaired) electrons. The molecule has 0 amide bonds. The first-order valence-electron chi connectivity index (χ1n) is 13.6. The number of hydrogen-bond donors (Lipinski definition) is 2. The van der Waals surface area contributed by atoms with Crippen LogP contribution in [0.5, 0.6) is 0 Å². The van der Waals surface area contributed by atoms with E-state index in [1.807, 2.05) is 13.0 Å². The van der Waals surface area contributed by atoms with Crippen LogP contribution in [0.1, 0.15) is 91.4 Å². The number of carbonyl (C=O) groups excluding carboxylic acids is 3. The van der Waals surface area contributed by atoms with Crippen LogP contribution in [0.4, 0.5) is 0 Å². The first kappa shape index (κ1) is 26.3. The van der Waals surface area contributed by atoms with Crippen LogP contribution < -0.4 is 0 Å². The van der Waals surface area contributed by atoms with Crippen LogP contribution in [0.3, 0.4) is 0 Å². The Balaban J connectivity index is 1.44. The Kier molecular flexibility index (Phi) is 7.46. The van der Waals surface area contributed by atoms with Gasteiger partial charge in [-0.1, -0.05) is 58.1 Å². The van der Waals surface area contributed by atoms with Crippen LogP contribution in [0.15, 0.2) is 23.8 Å². The van der Waals surface area contributed by atoms with Crippen molar-refractivity contribution >= 4 is 17.5 Å². The number of ether oxygens (including phenoxy) is 1. The van der Waals surface area contributed by atoms with E-state index in [4.69, 9.17) is 4.74 Å². The highest BCUT2D eigenvalue weighted by atomic mass is 16.5. The van der Waals surface area contributed by atoms with E-state index >= 15 is 0 Å². The average molecular weight is 487 g/mol. The Morgan fingerprint density at radius 1 is 1.14 bits per heavy atom. The Bertz CT molecular complexity index is 920. The fraction of sp³-hybridized carbons (Fsp3) is 0.759. The molecule has 0 aromatic carbocycles. The molecule has 194 valence electrons. The van der Waals surface area contributed by atoms with Gasteiger partial charge in [-0.3, -0.25) is 14.4 Å². The van der Waals surface area contributed by atoms with Gasteiger partial charge in [0.25, 0.3) is 0 Å². The maximum absolute atomic E-state index is 13.3. The third-order valence-electron chi connectivity index (χ3n) is 9.96. The molecule has 3 fully saturated rings. The molecule has 0 bridgehead atoms. The maximum atomic E-state index is 13.3. The van der Waals surface area contributed by atoms with E-state index in [-0.39, 0.29) is 34.9 Å². The summed E-state index contributed by atoms with van der Waals surface area (Å²) < 4.78 is 5.28. The molecule has 0 aromatic heterocycles. The van der Waals surface area contributed by atoms with Gasteiger partial charge in [-0.25, -0.2) is 0 Å². The van der Waals surface area contributed by atoms with Crippen LogP contribution in [0.2, 0.25) is 0 Å². The van der Waals surface area contributed by atoms with Gasteiger partial charge in [-0.05, 0) is 62.5 Å². The van der Waals surface area contributed by atoms with Crippen molar-refractivity contribution in [2.75, 3.05) is 6.61 Å². The third-order valence-corrected chi connectivity index (χ3v) is 9.96. The average Bonchev–Trinajstić information content (AvgIpc) is 3.08. The number of unbranched alkanes of at least 4 members (excludes halogenated alkanes) is 4. The zero-order valence-corrected chi connectivity index (χ0v) is 21.6. The third kappa shape index (κ3) is 4.46. The Morgan fingerprint density at radius 2 is 1.89 bits per heavy atom. The summed E-state index contributed by atoms with van der Waals surface area (Å²) in [6, 6.07) is 0. The minimum atomic E-state index is -1.61. The Morgan fingerprint density at radius 3 is 2.63 bits per heavy atom. The smallest absolute Gasteiger partial charge is 0.306 e. The second-order valence-corrected chi connectivity index (χ2v) is 11.9.